The highest BCUT2D eigenvalue weighted by Crippen LogP contribution is 2.68. The van der Waals surface area contributed by atoms with Crippen LogP contribution in [-0.2, 0) is 0 Å². The minimum absolute atomic E-state index is 0.0300. The maximum Gasteiger partial charge on any atom is 0.185 e. The summed E-state index contributed by atoms with van der Waals surface area (Å²) in [6, 6.07) is 14.5. The van der Waals surface area contributed by atoms with Gasteiger partial charge in [0.25, 0.3) is 0 Å². The molecular weight excluding hydrogens is 552 g/mol. The van der Waals surface area contributed by atoms with Gasteiger partial charge in [0, 0.05) is 5.56 Å². The molecule has 6 rings (SSSR count). The summed E-state index contributed by atoms with van der Waals surface area (Å²) in [5.74, 6) is 7.25. The summed E-state index contributed by atoms with van der Waals surface area (Å²) in [4.78, 5) is 12.7. The van der Waals surface area contributed by atoms with Crippen molar-refractivity contribution in [2.24, 2.45) is 52.3 Å². The Morgan fingerprint density at radius 2 is 1.58 bits per heavy atom. The highest BCUT2D eigenvalue weighted by Gasteiger charge is 2.60. The lowest BCUT2D eigenvalue weighted by molar-refractivity contribution is -0.126. The number of carbonyl (C=O) groups is 1. The molecule has 1 N–H and O–H groups in total. The topological polar surface area (TPSA) is 46.5 Å². The van der Waals surface area contributed by atoms with Crippen LogP contribution in [0.3, 0.4) is 0 Å². The van der Waals surface area contributed by atoms with Crippen LogP contribution in [0.1, 0.15) is 128 Å². The predicted molar refractivity (Wildman–Crippen MR) is 185 cm³/mol. The second kappa shape index (κ2) is 13.3. The average molecular weight is 611 g/mol. The molecule has 0 saturated heterocycles. The zero-order chi connectivity index (χ0) is 31.8. The van der Waals surface area contributed by atoms with Crippen LogP contribution in [0.2, 0.25) is 0 Å². The maximum atomic E-state index is 12.7. The van der Waals surface area contributed by atoms with E-state index in [2.05, 4.69) is 34.6 Å². The van der Waals surface area contributed by atoms with Crippen molar-refractivity contribution in [1.29, 1.82) is 0 Å². The van der Waals surface area contributed by atoms with Crippen molar-refractivity contribution in [3.05, 3.63) is 65.7 Å². The number of allylic oxidation sites excluding steroid dienone is 1. The number of aromatic hydroxyl groups is 1. The number of fused-ring (bicyclic) bond motifs is 5. The van der Waals surface area contributed by atoms with Crippen LogP contribution in [0.4, 0.5) is 0 Å². The molecule has 0 bridgehead atoms. The van der Waals surface area contributed by atoms with Gasteiger partial charge >= 0.3 is 0 Å². The Morgan fingerprint density at radius 3 is 2.31 bits per heavy atom. The lowest BCUT2D eigenvalue weighted by Crippen LogP contribution is -2.54. The number of benzene rings is 2. The molecule has 0 aromatic heterocycles. The summed E-state index contributed by atoms with van der Waals surface area (Å²) in [6.45, 7) is 12.7. The number of hydrogen-bond donors (Lipinski definition) is 1. The van der Waals surface area contributed by atoms with Gasteiger partial charge in [0.05, 0.1) is 6.10 Å². The smallest absolute Gasteiger partial charge is 0.185 e. The van der Waals surface area contributed by atoms with Crippen molar-refractivity contribution in [2.75, 3.05) is 0 Å². The van der Waals surface area contributed by atoms with Gasteiger partial charge in [-0.3, -0.25) is 4.79 Å². The van der Waals surface area contributed by atoms with Gasteiger partial charge in [-0.05, 0) is 158 Å². The summed E-state index contributed by atoms with van der Waals surface area (Å²) in [6.07, 6.45) is 20.1. The fraction of sp³-hybridized carbons (Fsp3) is 0.643. The summed E-state index contributed by atoms with van der Waals surface area (Å²) < 4.78 is 6.58. The van der Waals surface area contributed by atoms with Crippen molar-refractivity contribution in [3.63, 3.8) is 0 Å². The number of hydrogen-bond acceptors (Lipinski definition) is 3. The van der Waals surface area contributed by atoms with Crippen LogP contribution in [-0.4, -0.2) is 17.0 Å². The molecule has 3 heteroatoms. The van der Waals surface area contributed by atoms with Gasteiger partial charge in [-0.15, -0.1) is 0 Å². The Labute approximate surface area is 273 Å². The number of phenolic OH excluding ortho intramolecular Hbond substituents is 1. The number of ketones is 1. The monoisotopic (exact) mass is 610 g/mol. The van der Waals surface area contributed by atoms with Gasteiger partial charge in [0.15, 0.2) is 5.78 Å². The molecule has 4 aliphatic carbocycles. The largest absolute Gasteiger partial charge is 0.508 e. The van der Waals surface area contributed by atoms with Crippen molar-refractivity contribution in [2.45, 2.75) is 118 Å². The van der Waals surface area contributed by atoms with Gasteiger partial charge in [-0.2, -0.15) is 0 Å². The molecule has 2 aromatic carbocycles. The Balaban J connectivity index is 1.04. The van der Waals surface area contributed by atoms with Crippen LogP contribution >= 0.6 is 0 Å². The predicted octanol–water partition coefficient (Wildman–Crippen LogP) is 11.2. The highest BCUT2D eigenvalue weighted by atomic mass is 16.5. The molecule has 45 heavy (non-hydrogen) atoms. The summed E-state index contributed by atoms with van der Waals surface area (Å²) in [5, 5.41) is 9.46. The summed E-state index contributed by atoms with van der Waals surface area (Å²) >= 11 is 0. The summed E-state index contributed by atoms with van der Waals surface area (Å²) in [7, 11) is 0. The number of phenols is 1. The van der Waals surface area contributed by atoms with E-state index in [1.807, 2.05) is 24.3 Å². The molecule has 0 amide bonds. The third kappa shape index (κ3) is 6.66. The molecule has 4 fully saturated rings. The first-order chi connectivity index (χ1) is 21.6. The van der Waals surface area contributed by atoms with Crippen molar-refractivity contribution in [1.82, 2.24) is 0 Å². The molecule has 0 aliphatic heterocycles. The Kier molecular flexibility index (Phi) is 9.56. The number of ether oxygens (including phenoxy) is 1. The van der Waals surface area contributed by atoms with Gasteiger partial charge < -0.3 is 9.84 Å². The van der Waals surface area contributed by atoms with Crippen LogP contribution in [0.5, 0.6) is 11.5 Å². The van der Waals surface area contributed by atoms with Crippen LogP contribution in [0.25, 0.3) is 6.08 Å². The SMILES string of the molecule is CC(C)CCC[C@@H](C)[C@H]1CC[C@H]2[C@@H]3CCC4CC(Oc5ccc(C(=O)/C=C/c6ccc(O)cc6)cc5)CC[C@]4(C)[C@H]3CC[C@]12C. The van der Waals surface area contributed by atoms with E-state index in [-0.39, 0.29) is 17.6 Å². The quantitative estimate of drug-likeness (QED) is 0.215. The first kappa shape index (κ1) is 32.4. The second-order valence-electron chi connectivity index (χ2n) is 16.5. The van der Waals surface area contributed by atoms with Gasteiger partial charge in [0.1, 0.15) is 11.5 Å². The van der Waals surface area contributed by atoms with E-state index in [0.29, 0.717) is 16.4 Å². The van der Waals surface area contributed by atoms with Crippen LogP contribution in [0, 0.1) is 52.3 Å². The van der Waals surface area contributed by atoms with Crippen LogP contribution < -0.4 is 4.74 Å². The molecule has 2 unspecified atom stereocenters. The molecule has 9 atom stereocenters. The molecular formula is C42H58O3. The molecule has 2 aromatic rings. The van der Waals surface area contributed by atoms with E-state index in [1.165, 1.54) is 70.6 Å². The van der Waals surface area contributed by atoms with E-state index in [0.717, 1.165) is 59.2 Å². The number of rotatable bonds is 10. The molecule has 4 saturated carbocycles. The summed E-state index contributed by atoms with van der Waals surface area (Å²) in [5.41, 5.74) is 2.58. The fourth-order valence-electron chi connectivity index (χ4n) is 11.1. The Morgan fingerprint density at radius 1 is 0.867 bits per heavy atom. The number of carbonyl (C=O) groups excluding carboxylic acids is 1. The van der Waals surface area contributed by atoms with Gasteiger partial charge in [-0.1, -0.05) is 72.1 Å². The molecule has 0 heterocycles. The second-order valence-corrected chi connectivity index (χ2v) is 16.5. The molecule has 0 spiro atoms. The minimum Gasteiger partial charge on any atom is -0.508 e. The molecule has 0 radical (unpaired) electrons. The molecule has 3 nitrogen and oxygen atoms in total. The van der Waals surface area contributed by atoms with E-state index < -0.39 is 0 Å². The van der Waals surface area contributed by atoms with Crippen molar-refractivity contribution >= 4 is 11.9 Å². The first-order valence-electron chi connectivity index (χ1n) is 18.3. The first-order valence-corrected chi connectivity index (χ1v) is 18.3. The Hall–Kier alpha value is -2.55. The van der Waals surface area contributed by atoms with Crippen molar-refractivity contribution in [3.8, 4) is 11.5 Å². The van der Waals surface area contributed by atoms with E-state index in [1.54, 1.807) is 36.4 Å². The lowest BCUT2D eigenvalue weighted by Gasteiger charge is -2.61. The average Bonchev–Trinajstić information content (AvgIpc) is 3.38. The van der Waals surface area contributed by atoms with Crippen molar-refractivity contribution < 1.29 is 14.6 Å². The van der Waals surface area contributed by atoms with Gasteiger partial charge in [0.2, 0.25) is 0 Å². The standard InChI is InChI=1S/C42H58O3/c1-28(2)7-6-8-29(3)37-20-21-38-36-19-14-32-27-35(23-25-41(32,4)39(36)24-26-42(37,38)5)45-34-17-12-31(13-18-34)40(44)22-11-30-9-15-33(43)16-10-30/h9-13,15-18,22,28-29,32,35-39,43H,6-8,14,19-21,23-27H2,1-5H3/b22-11+/t29-,32?,35?,36+,37-,38+,39+,41+,42-/m1/s1. The zero-order valence-corrected chi connectivity index (χ0v) is 28.6. The third-order valence-corrected chi connectivity index (χ3v) is 13.6. The van der Waals surface area contributed by atoms with Crippen LogP contribution in [0.15, 0.2) is 54.6 Å². The van der Waals surface area contributed by atoms with E-state index in [4.69, 9.17) is 4.74 Å². The lowest BCUT2D eigenvalue weighted by atomic mass is 9.44. The highest BCUT2D eigenvalue weighted by molar-refractivity contribution is 6.06. The van der Waals surface area contributed by atoms with Gasteiger partial charge in [-0.25, -0.2) is 0 Å². The molecule has 4 aliphatic rings. The fourth-order valence-corrected chi connectivity index (χ4v) is 11.1. The zero-order valence-electron chi connectivity index (χ0n) is 28.6. The normalized spacial score (nSPS) is 35.1. The Bertz CT molecular complexity index is 1320. The van der Waals surface area contributed by atoms with E-state index in [9.17, 15) is 9.90 Å². The molecule has 244 valence electrons. The minimum atomic E-state index is -0.0300. The maximum absolute atomic E-state index is 12.7. The third-order valence-electron chi connectivity index (χ3n) is 13.6. The van der Waals surface area contributed by atoms with E-state index >= 15 is 0 Å².